The van der Waals surface area contributed by atoms with Crippen LogP contribution in [0, 0.1) is 11.7 Å². The van der Waals surface area contributed by atoms with Crippen molar-refractivity contribution < 1.29 is 13.9 Å². The molecule has 1 aromatic carbocycles. The van der Waals surface area contributed by atoms with Crippen molar-refractivity contribution in [2.24, 2.45) is 5.92 Å². The first-order valence-corrected chi connectivity index (χ1v) is 8.98. The van der Waals surface area contributed by atoms with Gasteiger partial charge in [-0.25, -0.2) is 4.39 Å². The highest BCUT2D eigenvalue weighted by atomic mass is 19.1. The number of hydrogen-bond acceptors (Lipinski definition) is 4. The molecule has 0 aromatic heterocycles. The topological polar surface area (TPSA) is 32.8 Å². The zero-order valence-electron chi connectivity index (χ0n) is 14.2. The van der Waals surface area contributed by atoms with Crippen molar-refractivity contribution in [3.8, 4) is 0 Å². The van der Waals surface area contributed by atoms with Gasteiger partial charge in [-0.2, -0.15) is 0 Å². The summed E-state index contributed by atoms with van der Waals surface area (Å²) in [5.74, 6) is 0.804. The Morgan fingerprint density at radius 2 is 1.92 bits per heavy atom. The molecule has 0 saturated carbocycles. The molecule has 0 radical (unpaired) electrons. The molecule has 4 aliphatic rings. The summed E-state index contributed by atoms with van der Waals surface area (Å²) in [4.78, 5) is 16.7. The van der Waals surface area contributed by atoms with Gasteiger partial charge in [0.2, 0.25) is 0 Å². The number of ether oxygens (including phenoxy) is 1. The predicted molar refractivity (Wildman–Crippen MR) is 89.2 cm³/mol. The third-order valence-corrected chi connectivity index (χ3v) is 6.22. The molecule has 4 heterocycles. The smallest absolute Gasteiger partial charge is 0.306 e. The molecule has 0 unspecified atom stereocenters. The van der Waals surface area contributed by atoms with Crippen LogP contribution in [-0.4, -0.2) is 61.1 Å². The lowest BCUT2D eigenvalue weighted by Gasteiger charge is -2.51. The second-order valence-corrected chi connectivity index (χ2v) is 7.33. The number of fused-ring (bicyclic) bond motifs is 2. The summed E-state index contributed by atoms with van der Waals surface area (Å²) in [5.41, 5.74) is 1.22. The molecular formula is C19H25FN2O2. The van der Waals surface area contributed by atoms with Crippen LogP contribution >= 0.6 is 0 Å². The van der Waals surface area contributed by atoms with Crippen molar-refractivity contribution in [2.75, 3.05) is 33.3 Å². The summed E-state index contributed by atoms with van der Waals surface area (Å²) >= 11 is 0. The third kappa shape index (κ3) is 2.74. The highest BCUT2D eigenvalue weighted by Crippen LogP contribution is 2.46. The number of halogens is 1. The minimum Gasteiger partial charge on any atom is -0.469 e. The van der Waals surface area contributed by atoms with Gasteiger partial charge in [-0.1, -0.05) is 12.1 Å². The van der Waals surface area contributed by atoms with E-state index in [9.17, 15) is 9.18 Å². The van der Waals surface area contributed by atoms with Gasteiger partial charge in [0.15, 0.2) is 0 Å². The summed E-state index contributed by atoms with van der Waals surface area (Å²) in [6.07, 6.45) is 2.96. The number of likely N-dealkylation sites (tertiary alicyclic amines) is 1. The van der Waals surface area contributed by atoms with E-state index < -0.39 is 0 Å². The van der Waals surface area contributed by atoms with Crippen LogP contribution in [0.5, 0.6) is 0 Å². The van der Waals surface area contributed by atoms with Crippen LogP contribution in [0.2, 0.25) is 0 Å². The van der Waals surface area contributed by atoms with Crippen LogP contribution in [0.3, 0.4) is 0 Å². The molecule has 5 heteroatoms. The SMILES string of the molecule is COC(=O)CCN1C[C@H](c2ccc(F)cc2)[C@H]2[C@@H]1C1CCN2CC1. The Kier molecular flexibility index (Phi) is 4.31. The molecule has 1 aromatic rings. The molecular weight excluding hydrogens is 307 g/mol. The van der Waals surface area contributed by atoms with Crippen molar-refractivity contribution in [1.82, 2.24) is 9.80 Å². The lowest BCUT2D eigenvalue weighted by molar-refractivity contribution is -0.141. The molecule has 3 atom stereocenters. The van der Waals surface area contributed by atoms with Gasteiger partial charge in [-0.15, -0.1) is 0 Å². The number of nitrogens with zero attached hydrogens (tertiary/aromatic N) is 2. The Morgan fingerprint density at radius 3 is 2.58 bits per heavy atom. The summed E-state index contributed by atoms with van der Waals surface area (Å²) < 4.78 is 18.1. The van der Waals surface area contributed by atoms with Crippen molar-refractivity contribution in [1.29, 1.82) is 0 Å². The van der Waals surface area contributed by atoms with Crippen molar-refractivity contribution in [3.63, 3.8) is 0 Å². The van der Waals surface area contributed by atoms with E-state index >= 15 is 0 Å². The minimum absolute atomic E-state index is 0.141. The summed E-state index contributed by atoms with van der Waals surface area (Å²) in [6.45, 7) is 4.06. The first kappa shape index (κ1) is 16.0. The monoisotopic (exact) mass is 332 g/mol. The molecule has 4 saturated heterocycles. The lowest BCUT2D eigenvalue weighted by atomic mass is 9.75. The Bertz CT molecular complexity index is 598. The Morgan fingerprint density at radius 1 is 1.21 bits per heavy atom. The van der Waals surface area contributed by atoms with Gasteiger partial charge in [0.1, 0.15) is 5.82 Å². The van der Waals surface area contributed by atoms with E-state index in [1.165, 1.54) is 38.6 Å². The van der Waals surface area contributed by atoms with Crippen molar-refractivity contribution in [2.45, 2.75) is 37.3 Å². The van der Waals surface area contributed by atoms with Gasteiger partial charge < -0.3 is 4.74 Å². The van der Waals surface area contributed by atoms with Gasteiger partial charge in [0.25, 0.3) is 0 Å². The molecule has 4 aliphatic heterocycles. The molecule has 130 valence electrons. The number of esters is 1. The summed E-state index contributed by atoms with van der Waals surface area (Å²) in [5, 5.41) is 0. The van der Waals surface area contributed by atoms with Crippen LogP contribution in [0.25, 0.3) is 0 Å². The number of rotatable bonds is 4. The third-order valence-electron chi connectivity index (χ3n) is 6.22. The number of benzene rings is 1. The standard InChI is InChI=1S/C19H25FN2O2/c1-24-17(23)8-11-22-12-16(13-2-4-15(20)5-3-13)19-18(22)14-6-9-21(19)10-7-14/h2-5,14,16,18-19H,6-12H2,1H3/t16-,18+,19+/m1/s1. The van der Waals surface area contributed by atoms with Crippen LogP contribution in [-0.2, 0) is 9.53 Å². The highest BCUT2D eigenvalue weighted by molar-refractivity contribution is 5.69. The fourth-order valence-electron chi connectivity index (χ4n) is 5.13. The molecule has 4 nitrogen and oxygen atoms in total. The Labute approximate surface area is 142 Å². The maximum Gasteiger partial charge on any atom is 0.306 e. The Hall–Kier alpha value is -1.46. The second kappa shape index (κ2) is 6.45. The van der Waals surface area contributed by atoms with Crippen molar-refractivity contribution in [3.05, 3.63) is 35.6 Å². The van der Waals surface area contributed by atoms with Crippen LogP contribution in [0.1, 0.15) is 30.7 Å². The number of methoxy groups -OCH3 is 1. The second-order valence-electron chi connectivity index (χ2n) is 7.33. The number of carbonyl (C=O) groups excluding carboxylic acids is 1. The normalized spacial score (nSPS) is 35.0. The van der Waals surface area contributed by atoms with Crippen LogP contribution in [0.15, 0.2) is 24.3 Å². The summed E-state index contributed by atoms with van der Waals surface area (Å²) in [7, 11) is 1.45. The molecule has 5 rings (SSSR count). The highest BCUT2D eigenvalue weighted by Gasteiger charge is 2.53. The largest absolute Gasteiger partial charge is 0.469 e. The molecule has 0 spiro atoms. The molecule has 2 bridgehead atoms. The van der Waals surface area contributed by atoms with E-state index in [-0.39, 0.29) is 11.8 Å². The van der Waals surface area contributed by atoms with E-state index in [0.29, 0.717) is 24.4 Å². The molecule has 0 N–H and O–H groups in total. The number of carbonyl (C=O) groups is 1. The van der Waals surface area contributed by atoms with Crippen molar-refractivity contribution >= 4 is 5.97 Å². The van der Waals surface area contributed by atoms with Gasteiger partial charge in [0.05, 0.1) is 13.5 Å². The minimum atomic E-state index is -0.179. The fraction of sp³-hybridized carbons (Fsp3) is 0.632. The van der Waals surface area contributed by atoms with E-state index in [1.54, 1.807) is 12.1 Å². The van der Waals surface area contributed by atoms with Crippen LogP contribution < -0.4 is 0 Å². The molecule has 0 aliphatic carbocycles. The van der Waals surface area contributed by atoms with E-state index in [2.05, 4.69) is 9.80 Å². The first-order valence-electron chi connectivity index (χ1n) is 8.98. The molecule has 0 amide bonds. The number of piperidine rings is 3. The van der Waals surface area contributed by atoms with Gasteiger partial charge in [-0.05, 0) is 49.5 Å². The zero-order valence-corrected chi connectivity index (χ0v) is 14.2. The maximum absolute atomic E-state index is 13.3. The van der Waals surface area contributed by atoms with Gasteiger partial charge in [-0.3, -0.25) is 14.6 Å². The van der Waals surface area contributed by atoms with Gasteiger partial charge >= 0.3 is 5.97 Å². The average Bonchev–Trinajstić information content (AvgIpc) is 3.03. The Balaban J connectivity index is 1.58. The predicted octanol–water partition coefficient (Wildman–Crippen LogP) is 2.25. The maximum atomic E-state index is 13.3. The zero-order chi connectivity index (χ0) is 16.7. The van der Waals surface area contributed by atoms with E-state index in [0.717, 1.165) is 19.0 Å². The van der Waals surface area contributed by atoms with Crippen LogP contribution in [0.4, 0.5) is 4.39 Å². The van der Waals surface area contributed by atoms with Gasteiger partial charge in [0, 0.05) is 31.1 Å². The number of hydrogen-bond donors (Lipinski definition) is 0. The molecule has 4 fully saturated rings. The summed E-state index contributed by atoms with van der Waals surface area (Å²) in [6, 6.07) is 8.03. The van der Waals surface area contributed by atoms with E-state index in [4.69, 9.17) is 4.74 Å². The lowest BCUT2D eigenvalue weighted by Crippen LogP contribution is -2.60. The quantitative estimate of drug-likeness (QED) is 0.792. The first-order chi connectivity index (χ1) is 11.7. The molecule has 24 heavy (non-hydrogen) atoms. The van der Waals surface area contributed by atoms with E-state index in [1.807, 2.05) is 12.1 Å². The fourth-order valence-corrected chi connectivity index (χ4v) is 5.13. The average molecular weight is 332 g/mol.